The van der Waals surface area contributed by atoms with Crippen LogP contribution in [-0.2, 0) is 0 Å². The zero-order valence-electron chi connectivity index (χ0n) is 7.22. The quantitative estimate of drug-likeness (QED) is 0.504. The molecule has 0 N–H and O–H groups in total. The lowest BCUT2D eigenvalue weighted by Crippen LogP contribution is -2.53. The van der Waals surface area contributed by atoms with Crippen molar-refractivity contribution in [2.45, 2.75) is 25.7 Å². The van der Waals surface area contributed by atoms with Gasteiger partial charge in [0, 0.05) is 12.2 Å². The van der Waals surface area contributed by atoms with Crippen LogP contribution >= 0.6 is 11.8 Å². The molecule has 2 heterocycles. The van der Waals surface area contributed by atoms with Gasteiger partial charge in [-0.1, -0.05) is 0 Å². The highest BCUT2D eigenvalue weighted by Crippen LogP contribution is 2.27. The van der Waals surface area contributed by atoms with Crippen molar-refractivity contribution in [1.82, 2.24) is 0 Å². The van der Waals surface area contributed by atoms with Gasteiger partial charge in [0.05, 0.1) is 19.6 Å². The topological polar surface area (TPSA) is 0 Å². The van der Waals surface area contributed by atoms with E-state index in [0.29, 0.717) is 0 Å². The molecule has 0 amide bonds. The van der Waals surface area contributed by atoms with Crippen molar-refractivity contribution >= 4 is 11.8 Å². The number of nitrogens with zero attached hydrogens (tertiary/aromatic N) is 1. The van der Waals surface area contributed by atoms with E-state index in [-0.39, 0.29) is 0 Å². The summed E-state index contributed by atoms with van der Waals surface area (Å²) in [5.41, 5.74) is 0. The standard InChI is InChI=1S/C9H18NS/c1-2-5-10(6-3-1)7-4-8-11-9-10/h1-9H2/q+1. The fourth-order valence-electron chi connectivity index (χ4n) is 2.36. The summed E-state index contributed by atoms with van der Waals surface area (Å²) in [4.78, 5) is 0. The Balaban J connectivity index is 1.94. The van der Waals surface area contributed by atoms with Crippen molar-refractivity contribution < 1.29 is 4.48 Å². The second kappa shape index (κ2) is 3.36. The third-order valence-electron chi connectivity index (χ3n) is 3.05. The summed E-state index contributed by atoms with van der Waals surface area (Å²) < 4.78 is 1.46. The highest BCUT2D eigenvalue weighted by atomic mass is 32.2. The Morgan fingerprint density at radius 1 is 0.818 bits per heavy atom. The summed E-state index contributed by atoms with van der Waals surface area (Å²) in [6, 6.07) is 0. The van der Waals surface area contributed by atoms with Crippen LogP contribution < -0.4 is 0 Å². The lowest BCUT2D eigenvalue weighted by Gasteiger charge is -2.43. The predicted octanol–water partition coefficient (Wildman–Crippen LogP) is 2.08. The van der Waals surface area contributed by atoms with Gasteiger partial charge >= 0.3 is 0 Å². The van der Waals surface area contributed by atoms with Crippen LogP contribution in [0.25, 0.3) is 0 Å². The molecule has 0 atom stereocenters. The first-order valence-electron chi connectivity index (χ1n) is 4.84. The van der Waals surface area contributed by atoms with Crippen molar-refractivity contribution in [3.05, 3.63) is 0 Å². The smallest absolute Gasteiger partial charge is 0.125 e. The fourth-order valence-corrected chi connectivity index (χ4v) is 3.60. The Bertz CT molecular complexity index is 104. The third kappa shape index (κ3) is 1.73. The molecule has 2 heteroatoms. The Labute approximate surface area is 73.7 Å². The maximum Gasteiger partial charge on any atom is 0.125 e. The van der Waals surface area contributed by atoms with Gasteiger partial charge in [-0.3, -0.25) is 0 Å². The molecule has 1 spiro atoms. The van der Waals surface area contributed by atoms with Crippen LogP contribution in [0, 0.1) is 0 Å². The molecule has 0 aromatic heterocycles. The minimum atomic E-state index is 1.42. The van der Waals surface area contributed by atoms with E-state index < -0.39 is 0 Å². The Kier molecular flexibility index (Phi) is 2.42. The van der Waals surface area contributed by atoms with Gasteiger partial charge in [-0.15, -0.1) is 11.8 Å². The van der Waals surface area contributed by atoms with Crippen LogP contribution in [0.4, 0.5) is 0 Å². The molecule has 2 rings (SSSR count). The van der Waals surface area contributed by atoms with Gasteiger partial charge in [-0.25, -0.2) is 0 Å². The molecule has 2 saturated heterocycles. The van der Waals surface area contributed by atoms with E-state index in [2.05, 4.69) is 11.8 Å². The van der Waals surface area contributed by atoms with Crippen molar-refractivity contribution in [3.63, 3.8) is 0 Å². The van der Waals surface area contributed by atoms with E-state index in [9.17, 15) is 0 Å². The first kappa shape index (κ1) is 7.93. The molecule has 0 unspecified atom stereocenters. The number of hydrogen-bond acceptors (Lipinski definition) is 1. The summed E-state index contributed by atoms with van der Waals surface area (Å²) in [7, 11) is 0. The van der Waals surface area contributed by atoms with Crippen LogP contribution in [0.1, 0.15) is 25.7 Å². The monoisotopic (exact) mass is 172 g/mol. The van der Waals surface area contributed by atoms with Crippen LogP contribution in [0.3, 0.4) is 0 Å². The Hall–Kier alpha value is 0.310. The summed E-state index contributed by atoms with van der Waals surface area (Å²) in [5, 5.41) is 0. The van der Waals surface area contributed by atoms with Gasteiger partial charge in [0.25, 0.3) is 0 Å². The molecule has 0 saturated carbocycles. The molecule has 0 aromatic carbocycles. The average Bonchev–Trinajstić information content (AvgIpc) is 2.07. The average molecular weight is 172 g/mol. The van der Waals surface area contributed by atoms with Crippen molar-refractivity contribution in [2.24, 2.45) is 0 Å². The number of hydrogen-bond donors (Lipinski definition) is 0. The fraction of sp³-hybridized carbons (Fsp3) is 1.00. The molecule has 2 fully saturated rings. The lowest BCUT2D eigenvalue weighted by atomic mass is 10.1. The van der Waals surface area contributed by atoms with E-state index in [4.69, 9.17) is 0 Å². The normalized spacial score (nSPS) is 30.5. The Morgan fingerprint density at radius 2 is 1.55 bits per heavy atom. The summed E-state index contributed by atoms with van der Waals surface area (Å²) in [5.74, 6) is 2.83. The molecule has 0 bridgehead atoms. The van der Waals surface area contributed by atoms with Gasteiger partial charge in [-0.2, -0.15) is 0 Å². The highest BCUT2D eigenvalue weighted by Gasteiger charge is 2.31. The molecule has 0 radical (unpaired) electrons. The van der Waals surface area contributed by atoms with Gasteiger partial charge in [0.2, 0.25) is 0 Å². The molecule has 2 aliphatic rings. The van der Waals surface area contributed by atoms with Crippen LogP contribution in [0.5, 0.6) is 0 Å². The summed E-state index contributed by atoms with van der Waals surface area (Å²) >= 11 is 2.17. The first-order valence-corrected chi connectivity index (χ1v) is 6.00. The highest BCUT2D eigenvalue weighted by molar-refractivity contribution is 7.99. The van der Waals surface area contributed by atoms with E-state index in [0.717, 1.165) is 0 Å². The van der Waals surface area contributed by atoms with Gasteiger partial charge in [-0.05, 0) is 19.3 Å². The van der Waals surface area contributed by atoms with Crippen LogP contribution in [-0.4, -0.2) is 35.7 Å². The third-order valence-corrected chi connectivity index (χ3v) is 4.36. The van der Waals surface area contributed by atoms with Crippen molar-refractivity contribution in [1.29, 1.82) is 0 Å². The maximum atomic E-state index is 2.17. The number of piperidine rings is 1. The Morgan fingerprint density at radius 3 is 2.18 bits per heavy atom. The molecule has 2 aliphatic heterocycles. The molecule has 0 aliphatic carbocycles. The lowest BCUT2D eigenvalue weighted by molar-refractivity contribution is -0.922. The largest absolute Gasteiger partial charge is 0.315 e. The number of rotatable bonds is 0. The second-order valence-corrected chi connectivity index (χ2v) is 5.04. The van der Waals surface area contributed by atoms with Gasteiger partial charge < -0.3 is 4.48 Å². The number of quaternary nitrogens is 1. The van der Waals surface area contributed by atoms with E-state index in [1.165, 1.54) is 61.4 Å². The minimum Gasteiger partial charge on any atom is -0.315 e. The van der Waals surface area contributed by atoms with E-state index >= 15 is 0 Å². The maximum absolute atomic E-state index is 2.17. The second-order valence-electron chi connectivity index (χ2n) is 3.96. The van der Waals surface area contributed by atoms with Crippen LogP contribution in [0.2, 0.25) is 0 Å². The SMILES string of the molecule is C1CC[N+]2(CC1)CCCSC2. The zero-order valence-corrected chi connectivity index (χ0v) is 8.04. The number of thioether (sulfide) groups is 1. The minimum absolute atomic E-state index is 1.42. The molecular weight excluding hydrogens is 154 g/mol. The van der Waals surface area contributed by atoms with E-state index in [1.807, 2.05) is 0 Å². The molecule has 1 nitrogen and oxygen atoms in total. The van der Waals surface area contributed by atoms with Gasteiger partial charge in [0.1, 0.15) is 5.88 Å². The summed E-state index contributed by atoms with van der Waals surface area (Å²) in [6.07, 6.45) is 5.93. The van der Waals surface area contributed by atoms with Crippen molar-refractivity contribution in [2.75, 3.05) is 31.3 Å². The first-order chi connectivity index (χ1) is 5.41. The molecule has 64 valence electrons. The van der Waals surface area contributed by atoms with Gasteiger partial charge in [0.15, 0.2) is 0 Å². The van der Waals surface area contributed by atoms with Crippen molar-refractivity contribution in [3.8, 4) is 0 Å². The van der Waals surface area contributed by atoms with E-state index in [1.54, 1.807) is 0 Å². The molecular formula is C9H18NS+. The zero-order chi connectivity index (χ0) is 7.57. The summed E-state index contributed by atoms with van der Waals surface area (Å²) in [6.45, 7) is 4.44. The van der Waals surface area contributed by atoms with Crippen LogP contribution in [0.15, 0.2) is 0 Å². The molecule has 0 aromatic rings. The molecule has 11 heavy (non-hydrogen) atoms. The predicted molar refractivity (Wildman–Crippen MR) is 50.7 cm³/mol.